The maximum Gasteiger partial charge on any atom is 0.0349 e. The molecule has 3 aromatic rings. The third-order valence-corrected chi connectivity index (χ3v) is 4.53. The fourth-order valence-electron chi connectivity index (χ4n) is 2.21. The van der Waals surface area contributed by atoms with Gasteiger partial charge in [-0.25, -0.2) is 0 Å². The lowest BCUT2D eigenvalue weighted by Gasteiger charge is -2.07. The summed E-state index contributed by atoms with van der Waals surface area (Å²) < 4.78 is 1.35. The number of benzene rings is 2. The average molecular weight is 282 g/mol. The van der Waals surface area contributed by atoms with Crippen molar-refractivity contribution in [1.82, 2.24) is 0 Å². The van der Waals surface area contributed by atoms with Gasteiger partial charge in [0, 0.05) is 15.6 Å². The summed E-state index contributed by atoms with van der Waals surface area (Å²) in [6.45, 7) is 0. The van der Waals surface area contributed by atoms with Gasteiger partial charge in [-0.3, -0.25) is 0 Å². The second-order valence-corrected chi connectivity index (χ2v) is 5.90. The zero-order valence-electron chi connectivity index (χ0n) is 10.7. The van der Waals surface area contributed by atoms with Crippen LogP contribution >= 0.6 is 23.1 Å². The van der Waals surface area contributed by atoms with E-state index in [0.717, 1.165) is 0 Å². The molecule has 0 fully saturated rings. The Labute approximate surface area is 121 Å². The summed E-state index contributed by atoms with van der Waals surface area (Å²) in [5.74, 6) is 0. The van der Waals surface area contributed by atoms with E-state index in [9.17, 15) is 0 Å². The smallest absolute Gasteiger partial charge is 0.0349 e. The van der Waals surface area contributed by atoms with Crippen molar-refractivity contribution in [2.45, 2.75) is 0 Å². The van der Waals surface area contributed by atoms with Crippen molar-refractivity contribution in [3.63, 3.8) is 0 Å². The highest BCUT2D eigenvalue weighted by Gasteiger charge is 2.10. The van der Waals surface area contributed by atoms with Crippen LogP contribution in [-0.2, 0) is 0 Å². The molecule has 0 N–H and O–H groups in total. The SMILES string of the molecule is CS/C=C(/c1ccccc1)c1csc2ccccc12. The van der Waals surface area contributed by atoms with E-state index in [0.29, 0.717) is 0 Å². The van der Waals surface area contributed by atoms with Crippen LogP contribution in [0.3, 0.4) is 0 Å². The molecule has 2 aromatic carbocycles. The Balaban J connectivity index is 2.19. The highest BCUT2D eigenvalue weighted by Crippen LogP contribution is 2.35. The van der Waals surface area contributed by atoms with Gasteiger partial charge in [-0.05, 0) is 34.2 Å². The maximum atomic E-state index is 2.26. The van der Waals surface area contributed by atoms with Gasteiger partial charge < -0.3 is 0 Å². The maximum absolute atomic E-state index is 2.26. The highest BCUT2D eigenvalue weighted by molar-refractivity contribution is 8.01. The summed E-state index contributed by atoms with van der Waals surface area (Å²) in [6, 6.07) is 19.2. The van der Waals surface area contributed by atoms with Crippen molar-refractivity contribution < 1.29 is 0 Å². The molecule has 0 bridgehead atoms. The van der Waals surface area contributed by atoms with Crippen LogP contribution in [0.15, 0.2) is 65.4 Å². The number of hydrogen-bond donors (Lipinski definition) is 0. The molecule has 0 nitrogen and oxygen atoms in total. The minimum atomic E-state index is 1.28. The minimum Gasteiger partial charge on any atom is -0.143 e. The van der Waals surface area contributed by atoms with Crippen molar-refractivity contribution in [3.8, 4) is 0 Å². The first-order valence-electron chi connectivity index (χ1n) is 6.15. The lowest BCUT2D eigenvalue weighted by molar-refractivity contribution is 1.61. The van der Waals surface area contributed by atoms with Gasteiger partial charge in [0.05, 0.1) is 0 Å². The second kappa shape index (κ2) is 5.64. The Morgan fingerprint density at radius 2 is 1.74 bits per heavy atom. The van der Waals surface area contributed by atoms with Gasteiger partial charge in [0.15, 0.2) is 0 Å². The van der Waals surface area contributed by atoms with Crippen molar-refractivity contribution in [2.24, 2.45) is 0 Å². The van der Waals surface area contributed by atoms with Crippen LogP contribution in [0.1, 0.15) is 11.1 Å². The lowest BCUT2D eigenvalue weighted by Crippen LogP contribution is -1.85. The molecule has 0 amide bonds. The molecular formula is C17H14S2. The third-order valence-electron chi connectivity index (χ3n) is 3.09. The number of thiophene rings is 1. The molecule has 0 atom stereocenters. The molecule has 1 heterocycles. The fraction of sp³-hybridized carbons (Fsp3) is 0.0588. The topological polar surface area (TPSA) is 0 Å². The standard InChI is InChI=1S/C17H14S2/c1-18-11-15(13-7-3-2-4-8-13)16-12-19-17-10-6-5-9-14(16)17/h2-12H,1H3/b15-11-. The van der Waals surface area contributed by atoms with Gasteiger partial charge in [0.1, 0.15) is 0 Å². The van der Waals surface area contributed by atoms with Gasteiger partial charge in [0.2, 0.25) is 0 Å². The van der Waals surface area contributed by atoms with E-state index in [2.05, 4.69) is 71.6 Å². The molecular weight excluding hydrogens is 268 g/mol. The first-order valence-corrected chi connectivity index (χ1v) is 8.32. The second-order valence-electron chi connectivity index (χ2n) is 4.28. The molecule has 19 heavy (non-hydrogen) atoms. The summed E-state index contributed by atoms with van der Waals surface area (Å²) >= 11 is 3.57. The van der Waals surface area contributed by atoms with Gasteiger partial charge >= 0.3 is 0 Å². The first-order chi connectivity index (χ1) is 9.40. The van der Waals surface area contributed by atoms with Crippen LogP contribution in [0.5, 0.6) is 0 Å². The molecule has 1 aromatic heterocycles. The normalized spacial score (nSPS) is 11.9. The quantitative estimate of drug-likeness (QED) is 0.598. The molecule has 3 rings (SSSR count). The number of hydrogen-bond acceptors (Lipinski definition) is 2. The molecule has 2 heteroatoms. The van der Waals surface area contributed by atoms with Crippen LogP contribution < -0.4 is 0 Å². The molecule has 0 aliphatic rings. The molecule has 0 spiro atoms. The van der Waals surface area contributed by atoms with Gasteiger partial charge in [0.25, 0.3) is 0 Å². The van der Waals surface area contributed by atoms with E-state index in [1.807, 2.05) is 11.3 Å². The summed E-state index contributed by atoms with van der Waals surface area (Å²) in [5, 5.41) is 5.85. The van der Waals surface area contributed by atoms with Crippen molar-refractivity contribution in [3.05, 3.63) is 76.5 Å². The minimum absolute atomic E-state index is 1.28. The molecule has 0 radical (unpaired) electrons. The zero-order chi connectivity index (χ0) is 13.1. The number of thioether (sulfide) groups is 1. The summed E-state index contributed by atoms with van der Waals surface area (Å²) in [6.07, 6.45) is 2.11. The van der Waals surface area contributed by atoms with Crippen LogP contribution in [0.2, 0.25) is 0 Å². The first kappa shape index (κ1) is 12.5. The van der Waals surface area contributed by atoms with Crippen LogP contribution in [0.25, 0.3) is 15.7 Å². The van der Waals surface area contributed by atoms with E-state index >= 15 is 0 Å². The largest absolute Gasteiger partial charge is 0.143 e. The Hall–Kier alpha value is -1.51. The fourth-order valence-corrected chi connectivity index (χ4v) is 3.67. The average Bonchev–Trinajstić information content (AvgIpc) is 2.89. The number of fused-ring (bicyclic) bond motifs is 1. The van der Waals surface area contributed by atoms with Crippen LogP contribution in [0.4, 0.5) is 0 Å². The molecule has 94 valence electrons. The monoisotopic (exact) mass is 282 g/mol. The summed E-state index contributed by atoms with van der Waals surface area (Å²) in [7, 11) is 0. The van der Waals surface area contributed by atoms with E-state index < -0.39 is 0 Å². The molecule has 0 aliphatic carbocycles. The summed E-state index contributed by atoms with van der Waals surface area (Å²) in [4.78, 5) is 0. The van der Waals surface area contributed by atoms with E-state index in [1.54, 1.807) is 11.8 Å². The van der Waals surface area contributed by atoms with E-state index in [-0.39, 0.29) is 0 Å². The zero-order valence-corrected chi connectivity index (χ0v) is 12.3. The van der Waals surface area contributed by atoms with Crippen molar-refractivity contribution in [2.75, 3.05) is 6.26 Å². The predicted octanol–water partition coefficient (Wildman–Crippen LogP) is 5.65. The summed E-state index contributed by atoms with van der Waals surface area (Å²) in [5.41, 5.74) is 3.92. The van der Waals surface area contributed by atoms with Crippen molar-refractivity contribution >= 4 is 38.8 Å². The Kier molecular flexibility index (Phi) is 3.72. The van der Waals surface area contributed by atoms with Gasteiger partial charge in [-0.2, -0.15) is 0 Å². The van der Waals surface area contributed by atoms with Crippen LogP contribution in [-0.4, -0.2) is 6.26 Å². The van der Waals surface area contributed by atoms with E-state index in [1.165, 1.54) is 26.8 Å². The Morgan fingerprint density at radius 3 is 2.53 bits per heavy atom. The number of rotatable bonds is 3. The highest BCUT2D eigenvalue weighted by atomic mass is 32.2. The van der Waals surface area contributed by atoms with Crippen LogP contribution in [0, 0.1) is 0 Å². The molecule has 0 aliphatic heterocycles. The third kappa shape index (κ3) is 2.46. The van der Waals surface area contributed by atoms with Crippen molar-refractivity contribution in [1.29, 1.82) is 0 Å². The van der Waals surface area contributed by atoms with Gasteiger partial charge in [-0.15, -0.1) is 23.1 Å². The molecule has 0 unspecified atom stereocenters. The molecule has 0 saturated heterocycles. The predicted molar refractivity (Wildman–Crippen MR) is 88.9 cm³/mol. The lowest BCUT2D eigenvalue weighted by atomic mass is 9.99. The Morgan fingerprint density at radius 1 is 1.00 bits per heavy atom. The Bertz CT molecular complexity index is 708. The van der Waals surface area contributed by atoms with E-state index in [4.69, 9.17) is 0 Å². The van der Waals surface area contributed by atoms with Gasteiger partial charge in [-0.1, -0.05) is 48.5 Å². The molecule has 0 saturated carbocycles.